The number of fused-ring (bicyclic) bond motifs is 1. The second-order valence-corrected chi connectivity index (χ2v) is 5.01. The summed E-state index contributed by atoms with van der Waals surface area (Å²) in [7, 11) is 0. The van der Waals surface area contributed by atoms with Gasteiger partial charge in [-0.1, -0.05) is 0 Å². The lowest BCUT2D eigenvalue weighted by Gasteiger charge is -2.28. The summed E-state index contributed by atoms with van der Waals surface area (Å²) in [5.41, 5.74) is 1.22. The Morgan fingerprint density at radius 2 is 1.88 bits per heavy atom. The third kappa shape index (κ3) is 1.93. The van der Waals surface area contributed by atoms with Crippen molar-refractivity contribution < 1.29 is 0 Å². The van der Waals surface area contributed by atoms with Gasteiger partial charge in [0.15, 0.2) is 0 Å². The number of halogens is 1. The molecule has 1 aliphatic heterocycles. The number of aromatic nitrogens is 4. The Hall–Kier alpha value is -1.43. The van der Waals surface area contributed by atoms with E-state index < -0.39 is 0 Å². The molecule has 0 N–H and O–H groups in total. The highest BCUT2D eigenvalue weighted by Crippen LogP contribution is 2.18. The van der Waals surface area contributed by atoms with Crippen LogP contribution in [0.15, 0.2) is 23.1 Å². The number of imidazole rings is 1. The van der Waals surface area contributed by atoms with Crippen molar-refractivity contribution >= 4 is 21.9 Å². The SMILES string of the molecule is Cc1cnc2n1CCN(c1ncc(Br)cn1)C2. The predicted octanol–water partition coefficient (Wildman–Crippen LogP) is 1.76. The van der Waals surface area contributed by atoms with Crippen LogP contribution in [0, 0.1) is 6.92 Å². The molecule has 5 nitrogen and oxygen atoms in total. The highest BCUT2D eigenvalue weighted by atomic mass is 79.9. The van der Waals surface area contributed by atoms with Gasteiger partial charge in [0.2, 0.25) is 5.95 Å². The highest BCUT2D eigenvalue weighted by molar-refractivity contribution is 9.10. The lowest BCUT2D eigenvalue weighted by molar-refractivity contribution is 0.543. The standard InChI is InChI=1S/C11H12BrN5/c1-8-4-13-10-7-16(2-3-17(8)10)11-14-5-9(12)6-15-11/h4-6H,2-3,7H2,1H3. The molecule has 0 saturated carbocycles. The molecule has 0 radical (unpaired) electrons. The zero-order valence-corrected chi connectivity index (χ0v) is 11.1. The van der Waals surface area contributed by atoms with Crippen molar-refractivity contribution in [1.82, 2.24) is 19.5 Å². The first-order chi connectivity index (χ1) is 8.24. The molecule has 1 aliphatic rings. The maximum Gasteiger partial charge on any atom is 0.225 e. The van der Waals surface area contributed by atoms with Crippen molar-refractivity contribution in [3.05, 3.63) is 34.6 Å². The molecule has 0 unspecified atom stereocenters. The van der Waals surface area contributed by atoms with Gasteiger partial charge in [-0.2, -0.15) is 0 Å². The van der Waals surface area contributed by atoms with Gasteiger partial charge in [-0.3, -0.25) is 0 Å². The minimum Gasteiger partial charge on any atom is -0.332 e. The number of hydrogen-bond acceptors (Lipinski definition) is 4. The lowest BCUT2D eigenvalue weighted by Crippen LogP contribution is -2.35. The summed E-state index contributed by atoms with van der Waals surface area (Å²) in [4.78, 5) is 15.2. The van der Waals surface area contributed by atoms with Crippen LogP contribution in [0.5, 0.6) is 0 Å². The number of anilines is 1. The molecule has 0 atom stereocenters. The molecule has 0 amide bonds. The van der Waals surface area contributed by atoms with Gasteiger partial charge in [-0.15, -0.1) is 0 Å². The predicted molar refractivity (Wildman–Crippen MR) is 67.7 cm³/mol. The first kappa shape index (κ1) is 10.7. The van der Waals surface area contributed by atoms with Crippen LogP contribution in [0.2, 0.25) is 0 Å². The van der Waals surface area contributed by atoms with Crippen molar-refractivity contribution in [1.29, 1.82) is 0 Å². The number of aryl methyl sites for hydroxylation is 1. The molecular formula is C11H12BrN5. The molecule has 0 fully saturated rings. The molecule has 6 heteroatoms. The summed E-state index contributed by atoms with van der Waals surface area (Å²) < 4.78 is 3.14. The van der Waals surface area contributed by atoms with Gasteiger partial charge >= 0.3 is 0 Å². The van der Waals surface area contributed by atoms with Crippen LogP contribution in [0.4, 0.5) is 5.95 Å². The van der Waals surface area contributed by atoms with E-state index in [1.165, 1.54) is 5.69 Å². The average molecular weight is 294 g/mol. The normalized spacial score (nSPS) is 14.8. The molecule has 3 rings (SSSR count). The maximum absolute atomic E-state index is 4.41. The Labute approximate surface area is 108 Å². The molecule has 88 valence electrons. The largest absolute Gasteiger partial charge is 0.332 e. The van der Waals surface area contributed by atoms with E-state index in [-0.39, 0.29) is 0 Å². The van der Waals surface area contributed by atoms with Gasteiger partial charge in [0.25, 0.3) is 0 Å². The van der Waals surface area contributed by atoms with Crippen LogP contribution in [0.3, 0.4) is 0 Å². The van der Waals surface area contributed by atoms with Gasteiger partial charge in [0, 0.05) is 37.4 Å². The Bertz CT molecular complexity index is 533. The zero-order chi connectivity index (χ0) is 11.8. The van der Waals surface area contributed by atoms with Crippen molar-refractivity contribution in [2.24, 2.45) is 0 Å². The third-order valence-electron chi connectivity index (χ3n) is 2.95. The molecular weight excluding hydrogens is 282 g/mol. The quantitative estimate of drug-likeness (QED) is 0.804. The van der Waals surface area contributed by atoms with E-state index >= 15 is 0 Å². The fourth-order valence-electron chi connectivity index (χ4n) is 2.05. The monoisotopic (exact) mass is 293 g/mol. The number of hydrogen-bond donors (Lipinski definition) is 0. The van der Waals surface area contributed by atoms with Crippen LogP contribution in [0.25, 0.3) is 0 Å². The van der Waals surface area contributed by atoms with E-state index in [9.17, 15) is 0 Å². The Morgan fingerprint density at radius 1 is 1.12 bits per heavy atom. The number of rotatable bonds is 1. The van der Waals surface area contributed by atoms with Crippen molar-refractivity contribution in [3.63, 3.8) is 0 Å². The fourth-order valence-corrected chi connectivity index (χ4v) is 2.26. The molecule has 17 heavy (non-hydrogen) atoms. The van der Waals surface area contributed by atoms with Gasteiger partial charge < -0.3 is 9.47 Å². The van der Waals surface area contributed by atoms with Gasteiger partial charge in [-0.05, 0) is 22.9 Å². The third-order valence-corrected chi connectivity index (χ3v) is 3.36. The second kappa shape index (κ2) is 4.10. The minimum absolute atomic E-state index is 0.764. The second-order valence-electron chi connectivity index (χ2n) is 4.09. The summed E-state index contributed by atoms with van der Waals surface area (Å²) in [6.45, 7) is 4.73. The van der Waals surface area contributed by atoms with Gasteiger partial charge in [0.05, 0.1) is 11.0 Å². The Kier molecular flexibility index (Phi) is 2.58. The average Bonchev–Trinajstić information content (AvgIpc) is 2.72. The fraction of sp³-hybridized carbons (Fsp3) is 0.364. The van der Waals surface area contributed by atoms with Gasteiger partial charge in [-0.25, -0.2) is 15.0 Å². The molecule has 2 aromatic rings. The van der Waals surface area contributed by atoms with E-state index in [0.717, 1.165) is 35.9 Å². The molecule has 0 bridgehead atoms. The van der Waals surface area contributed by atoms with E-state index in [1.54, 1.807) is 12.4 Å². The van der Waals surface area contributed by atoms with Crippen molar-refractivity contribution in [3.8, 4) is 0 Å². The van der Waals surface area contributed by atoms with Crippen LogP contribution in [-0.4, -0.2) is 26.1 Å². The molecule has 0 aromatic carbocycles. The summed E-state index contributed by atoms with van der Waals surface area (Å²) in [5.74, 6) is 1.85. The molecule has 0 aliphatic carbocycles. The zero-order valence-electron chi connectivity index (χ0n) is 9.47. The minimum atomic E-state index is 0.764. The van der Waals surface area contributed by atoms with Crippen LogP contribution in [0.1, 0.15) is 11.5 Å². The van der Waals surface area contributed by atoms with Crippen LogP contribution in [-0.2, 0) is 13.1 Å². The van der Waals surface area contributed by atoms with E-state index in [0.29, 0.717) is 0 Å². The lowest BCUT2D eigenvalue weighted by atomic mass is 10.3. The molecule has 0 spiro atoms. The van der Waals surface area contributed by atoms with Crippen molar-refractivity contribution in [2.45, 2.75) is 20.0 Å². The number of nitrogens with zero attached hydrogens (tertiary/aromatic N) is 5. The topological polar surface area (TPSA) is 46.8 Å². The summed E-state index contributed by atoms with van der Waals surface area (Å²) in [6.07, 6.45) is 5.46. The molecule has 3 heterocycles. The summed E-state index contributed by atoms with van der Waals surface area (Å²) in [6, 6.07) is 0. The first-order valence-electron chi connectivity index (χ1n) is 5.47. The van der Waals surface area contributed by atoms with Crippen LogP contribution < -0.4 is 4.90 Å². The van der Waals surface area contributed by atoms with E-state index in [1.807, 2.05) is 6.20 Å². The first-order valence-corrected chi connectivity index (χ1v) is 6.27. The maximum atomic E-state index is 4.41. The van der Waals surface area contributed by atoms with E-state index in [4.69, 9.17) is 0 Å². The Balaban J connectivity index is 1.86. The van der Waals surface area contributed by atoms with Gasteiger partial charge in [0.1, 0.15) is 5.82 Å². The highest BCUT2D eigenvalue weighted by Gasteiger charge is 2.20. The van der Waals surface area contributed by atoms with Crippen molar-refractivity contribution in [2.75, 3.05) is 11.4 Å². The smallest absolute Gasteiger partial charge is 0.225 e. The summed E-state index contributed by atoms with van der Waals surface area (Å²) in [5, 5.41) is 0. The Morgan fingerprint density at radius 3 is 2.65 bits per heavy atom. The summed E-state index contributed by atoms with van der Waals surface area (Å²) >= 11 is 3.34. The van der Waals surface area contributed by atoms with Crippen LogP contribution >= 0.6 is 15.9 Å². The van der Waals surface area contributed by atoms with E-state index in [2.05, 4.69) is 47.3 Å². The molecule has 2 aromatic heterocycles. The molecule has 0 saturated heterocycles.